The summed E-state index contributed by atoms with van der Waals surface area (Å²) in [4.78, 5) is 25.8. The predicted molar refractivity (Wildman–Crippen MR) is 102 cm³/mol. The summed E-state index contributed by atoms with van der Waals surface area (Å²) in [5.41, 5.74) is 1.16. The van der Waals surface area contributed by atoms with E-state index in [0.717, 1.165) is 0 Å². The van der Waals surface area contributed by atoms with Gasteiger partial charge in [0.2, 0.25) is 0 Å². The van der Waals surface area contributed by atoms with E-state index in [-0.39, 0.29) is 17.2 Å². The van der Waals surface area contributed by atoms with Crippen LogP contribution in [-0.4, -0.2) is 56.5 Å². The normalized spacial score (nSPS) is 16.4. The van der Waals surface area contributed by atoms with Crippen molar-refractivity contribution in [1.29, 1.82) is 0 Å². The Bertz CT molecular complexity index is 850. The first-order valence-electron chi connectivity index (χ1n) is 8.79. The third kappa shape index (κ3) is 4.85. The van der Waals surface area contributed by atoms with Crippen LogP contribution in [0.25, 0.3) is 0 Å². The van der Waals surface area contributed by atoms with Gasteiger partial charge in [-0.1, -0.05) is 0 Å². The molecule has 28 heavy (non-hydrogen) atoms. The van der Waals surface area contributed by atoms with Crippen molar-refractivity contribution in [2.75, 3.05) is 43.6 Å². The number of hydrogen-bond donors (Lipinski definition) is 2. The number of ether oxygens (including phenoxy) is 2. The lowest BCUT2D eigenvalue weighted by atomic mass is 10.1. The Morgan fingerprint density at radius 2 is 1.96 bits per heavy atom. The summed E-state index contributed by atoms with van der Waals surface area (Å²) in [5, 5.41) is 12.2. The number of hydrogen-bond acceptors (Lipinski definition) is 5. The maximum atomic E-state index is 13.0. The monoisotopic (exact) mass is 388 g/mol. The molecule has 1 atom stereocenters. The first kappa shape index (κ1) is 19.8. The topological polar surface area (TPSA) is 88.1 Å². The minimum atomic E-state index is -1.11. The Kier molecular flexibility index (Phi) is 6.23. The fourth-order valence-corrected chi connectivity index (χ4v) is 2.97. The van der Waals surface area contributed by atoms with Crippen LogP contribution in [0.2, 0.25) is 0 Å². The second-order valence-electron chi connectivity index (χ2n) is 6.45. The largest absolute Gasteiger partial charge is 0.478 e. The molecule has 3 rings (SSSR count). The molecule has 0 radical (unpaired) electrons. The van der Waals surface area contributed by atoms with Gasteiger partial charge in [-0.2, -0.15) is 0 Å². The molecule has 0 aromatic heterocycles. The molecule has 0 aliphatic carbocycles. The van der Waals surface area contributed by atoms with Gasteiger partial charge in [-0.05, 0) is 42.5 Å². The van der Waals surface area contributed by atoms with Crippen molar-refractivity contribution in [3.63, 3.8) is 0 Å². The summed E-state index contributed by atoms with van der Waals surface area (Å²) in [5.74, 6) is -2.00. The van der Waals surface area contributed by atoms with Gasteiger partial charge < -0.3 is 24.8 Å². The molecule has 2 aromatic rings. The summed E-state index contributed by atoms with van der Waals surface area (Å²) in [6.07, 6.45) is -0.141. The van der Waals surface area contributed by atoms with E-state index in [2.05, 4.69) is 5.32 Å². The van der Waals surface area contributed by atoms with Gasteiger partial charge in [0.15, 0.2) is 0 Å². The maximum absolute atomic E-state index is 13.0. The smallest absolute Gasteiger partial charge is 0.337 e. The first-order valence-corrected chi connectivity index (χ1v) is 8.79. The molecule has 0 spiro atoms. The molecule has 0 bridgehead atoms. The number of benzene rings is 2. The number of rotatable bonds is 6. The lowest BCUT2D eigenvalue weighted by molar-refractivity contribution is -0.0837. The molecule has 1 heterocycles. The number of likely N-dealkylation sites (N-methyl/N-ethyl adjacent to an activating group) is 1. The molecule has 2 N–H and O–H groups in total. The Balaban J connectivity index is 1.75. The zero-order valence-corrected chi connectivity index (χ0v) is 15.4. The summed E-state index contributed by atoms with van der Waals surface area (Å²) in [7, 11) is 1.77. The summed E-state index contributed by atoms with van der Waals surface area (Å²) in [6, 6.07) is 9.74. The zero-order chi connectivity index (χ0) is 20.1. The highest BCUT2D eigenvalue weighted by Gasteiger charge is 2.20. The average molecular weight is 388 g/mol. The number of nitrogens with one attached hydrogen (secondary N) is 1. The molecular weight excluding hydrogens is 367 g/mol. The lowest BCUT2D eigenvalue weighted by Gasteiger charge is -2.29. The number of carbonyl (C=O) groups excluding carboxylic acids is 1. The number of carboxylic acid groups (broad SMARTS) is 1. The van der Waals surface area contributed by atoms with Gasteiger partial charge in [-0.25, -0.2) is 9.18 Å². The molecule has 1 saturated heterocycles. The summed E-state index contributed by atoms with van der Waals surface area (Å²) < 4.78 is 24.0. The molecule has 1 unspecified atom stereocenters. The minimum Gasteiger partial charge on any atom is -0.478 e. The van der Waals surface area contributed by atoms with Crippen molar-refractivity contribution < 1.29 is 28.6 Å². The quantitative estimate of drug-likeness (QED) is 0.791. The van der Waals surface area contributed by atoms with Crippen molar-refractivity contribution in [3.8, 4) is 0 Å². The molecular formula is C20H21FN2O5. The van der Waals surface area contributed by atoms with E-state index in [1.807, 2.05) is 0 Å². The van der Waals surface area contributed by atoms with E-state index in [9.17, 15) is 19.1 Å². The van der Waals surface area contributed by atoms with Crippen molar-refractivity contribution >= 4 is 23.3 Å². The van der Waals surface area contributed by atoms with Gasteiger partial charge in [-0.15, -0.1) is 0 Å². The fourth-order valence-electron chi connectivity index (χ4n) is 2.97. The molecule has 2 aromatic carbocycles. The highest BCUT2D eigenvalue weighted by atomic mass is 19.1. The van der Waals surface area contributed by atoms with Gasteiger partial charge >= 0.3 is 5.97 Å². The van der Waals surface area contributed by atoms with Crippen LogP contribution in [0, 0.1) is 5.82 Å². The van der Waals surface area contributed by atoms with Crippen LogP contribution in [0.3, 0.4) is 0 Å². The Labute approximate surface area is 161 Å². The summed E-state index contributed by atoms with van der Waals surface area (Å²) >= 11 is 0. The average Bonchev–Trinajstić information content (AvgIpc) is 2.69. The van der Waals surface area contributed by atoms with Crippen LogP contribution >= 0.6 is 0 Å². The molecule has 1 fully saturated rings. The number of carboxylic acids is 1. The molecule has 8 heteroatoms. The van der Waals surface area contributed by atoms with E-state index in [4.69, 9.17) is 9.47 Å². The van der Waals surface area contributed by atoms with Crippen LogP contribution in [-0.2, 0) is 9.47 Å². The minimum absolute atomic E-state index is 0.0520. The molecule has 0 saturated carbocycles. The standard InChI is InChI=1S/C20H21FN2O5/c1-23(11-16-12-27-8-9-28-16)18-7-6-15(10-17(18)20(25)26)22-19(24)13-2-4-14(21)5-3-13/h2-7,10,16H,8-9,11-12H2,1H3,(H,22,24)(H,25,26). The highest BCUT2D eigenvalue weighted by Crippen LogP contribution is 2.25. The number of nitrogens with zero attached hydrogens (tertiary/aromatic N) is 1. The molecule has 1 amide bonds. The Hall–Kier alpha value is -2.97. The SMILES string of the molecule is CN(CC1COCCO1)c1ccc(NC(=O)c2ccc(F)cc2)cc1C(=O)O. The summed E-state index contributed by atoms with van der Waals surface area (Å²) in [6.45, 7) is 2.00. The van der Waals surface area contributed by atoms with Crippen LogP contribution in [0.5, 0.6) is 0 Å². The number of carbonyl (C=O) groups is 2. The molecule has 148 valence electrons. The van der Waals surface area contributed by atoms with Crippen LogP contribution in [0.1, 0.15) is 20.7 Å². The van der Waals surface area contributed by atoms with E-state index in [1.54, 1.807) is 24.1 Å². The first-order chi connectivity index (χ1) is 13.4. The maximum Gasteiger partial charge on any atom is 0.337 e. The van der Waals surface area contributed by atoms with Crippen LogP contribution in [0.15, 0.2) is 42.5 Å². The third-order valence-corrected chi connectivity index (χ3v) is 4.36. The predicted octanol–water partition coefficient (Wildman–Crippen LogP) is 2.63. The van der Waals surface area contributed by atoms with Crippen molar-refractivity contribution in [1.82, 2.24) is 0 Å². The van der Waals surface area contributed by atoms with Gasteiger partial charge in [0.1, 0.15) is 5.82 Å². The van der Waals surface area contributed by atoms with Crippen LogP contribution in [0.4, 0.5) is 15.8 Å². The van der Waals surface area contributed by atoms with Gasteiger partial charge in [0.05, 0.1) is 37.2 Å². The molecule has 1 aliphatic heterocycles. The third-order valence-electron chi connectivity index (χ3n) is 4.36. The number of anilines is 2. The van der Waals surface area contributed by atoms with E-state index < -0.39 is 17.7 Å². The van der Waals surface area contributed by atoms with E-state index in [0.29, 0.717) is 37.7 Å². The van der Waals surface area contributed by atoms with Crippen molar-refractivity contribution in [3.05, 3.63) is 59.4 Å². The highest BCUT2D eigenvalue weighted by molar-refractivity contribution is 6.05. The van der Waals surface area contributed by atoms with Crippen LogP contribution < -0.4 is 10.2 Å². The lowest BCUT2D eigenvalue weighted by Crippen LogP contribution is -2.38. The number of aromatic carboxylic acids is 1. The number of amides is 1. The van der Waals surface area contributed by atoms with E-state index >= 15 is 0 Å². The van der Waals surface area contributed by atoms with Crippen molar-refractivity contribution in [2.24, 2.45) is 0 Å². The Morgan fingerprint density at radius 3 is 2.61 bits per heavy atom. The van der Waals surface area contributed by atoms with Gasteiger partial charge in [0.25, 0.3) is 5.91 Å². The number of halogens is 1. The van der Waals surface area contributed by atoms with E-state index in [1.165, 1.54) is 30.3 Å². The second-order valence-corrected chi connectivity index (χ2v) is 6.45. The van der Waals surface area contributed by atoms with Gasteiger partial charge in [-0.3, -0.25) is 4.79 Å². The second kappa shape index (κ2) is 8.81. The van der Waals surface area contributed by atoms with Gasteiger partial charge in [0, 0.05) is 24.8 Å². The molecule has 7 nitrogen and oxygen atoms in total. The molecule has 1 aliphatic rings. The zero-order valence-electron chi connectivity index (χ0n) is 15.4. The fraction of sp³-hybridized carbons (Fsp3) is 0.300. The van der Waals surface area contributed by atoms with Crippen molar-refractivity contribution in [2.45, 2.75) is 6.10 Å². The Morgan fingerprint density at radius 1 is 1.21 bits per heavy atom.